The first kappa shape index (κ1) is 18.4. The van der Waals surface area contributed by atoms with Crippen molar-refractivity contribution in [3.05, 3.63) is 102 Å². The van der Waals surface area contributed by atoms with Crippen molar-refractivity contribution in [1.82, 2.24) is 4.57 Å². The first-order valence-electron chi connectivity index (χ1n) is 9.40. The average molecular weight is 405 g/mol. The summed E-state index contributed by atoms with van der Waals surface area (Å²) in [6.07, 6.45) is -4.68. The standard InChI is InChI=1S/C25H15F4N/c26-16-13-14-17(21(15-16)25(27,28)29)18-7-1-4-10-22(18)30-23-11-5-2-8-19(23)20-9-3-6-12-24(20)30/h1-15H. The molecule has 0 unspecified atom stereocenters. The van der Waals surface area contributed by atoms with Gasteiger partial charge in [-0.2, -0.15) is 13.2 Å². The fraction of sp³-hybridized carbons (Fsp3) is 0.0400. The van der Waals surface area contributed by atoms with E-state index in [2.05, 4.69) is 0 Å². The zero-order valence-electron chi connectivity index (χ0n) is 15.6. The highest BCUT2D eigenvalue weighted by Crippen LogP contribution is 2.41. The van der Waals surface area contributed by atoms with Gasteiger partial charge in [0.2, 0.25) is 0 Å². The zero-order valence-corrected chi connectivity index (χ0v) is 15.6. The number of aromatic nitrogens is 1. The second-order valence-corrected chi connectivity index (χ2v) is 7.07. The molecule has 0 radical (unpaired) electrons. The fourth-order valence-corrected chi connectivity index (χ4v) is 4.06. The van der Waals surface area contributed by atoms with Crippen LogP contribution in [-0.4, -0.2) is 4.57 Å². The highest BCUT2D eigenvalue weighted by molar-refractivity contribution is 6.09. The van der Waals surface area contributed by atoms with Crippen LogP contribution in [-0.2, 0) is 6.18 Å². The molecule has 0 fully saturated rings. The predicted octanol–water partition coefficient (Wildman–Crippen LogP) is 7.61. The molecule has 0 spiro atoms. The molecule has 0 amide bonds. The van der Waals surface area contributed by atoms with Crippen LogP contribution in [0.4, 0.5) is 17.6 Å². The van der Waals surface area contributed by atoms with Crippen LogP contribution in [0.3, 0.4) is 0 Å². The van der Waals surface area contributed by atoms with E-state index in [1.807, 2.05) is 53.1 Å². The van der Waals surface area contributed by atoms with Crippen LogP contribution in [0.5, 0.6) is 0 Å². The predicted molar refractivity (Wildman–Crippen MR) is 111 cm³/mol. The lowest BCUT2D eigenvalue weighted by atomic mass is 9.97. The fourth-order valence-electron chi connectivity index (χ4n) is 4.06. The third kappa shape index (κ3) is 2.86. The van der Waals surface area contributed by atoms with E-state index < -0.39 is 17.6 Å². The van der Waals surface area contributed by atoms with Gasteiger partial charge in [0.05, 0.1) is 22.3 Å². The van der Waals surface area contributed by atoms with Gasteiger partial charge in [-0.3, -0.25) is 0 Å². The Bertz CT molecular complexity index is 1340. The minimum atomic E-state index is -4.68. The van der Waals surface area contributed by atoms with Gasteiger partial charge >= 0.3 is 6.18 Å². The van der Waals surface area contributed by atoms with Gasteiger partial charge in [0.25, 0.3) is 0 Å². The number of fused-ring (bicyclic) bond motifs is 3. The molecule has 0 atom stereocenters. The largest absolute Gasteiger partial charge is 0.417 e. The van der Waals surface area contributed by atoms with Crippen LogP contribution in [0, 0.1) is 5.82 Å². The Morgan fingerprint density at radius 3 is 1.80 bits per heavy atom. The molecule has 148 valence electrons. The maximum atomic E-state index is 13.7. The van der Waals surface area contributed by atoms with Gasteiger partial charge in [-0.05, 0) is 35.9 Å². The normalized spacial score (nSPS) is 12.0. The van der Waals surface area contributed by atoms with Crippen LogP contribution in [0.15, 0.2) is 91.0 Å². The summed E-state index contributed by atoms with van der Waals surface area (Å²) in [4.78, 5) is 0. The number of halogens is 4. The van der Waals surface area contributed by atoms with E-state index in [4.69, 9.17) is 0 Å². The molecule has 5 rings (SSSR count). The molecule has 30 heavy (non-hydrogen) atoms. The van der Waals surface area contributed by atoms with Gasteiger partial charge in [0.1, 0.15) is 5.82 Å². The molecule has 0 N–H and O–H groups in total. The van der Waals surface area contributed by atoms with Crippen molar-refractivity contribution in [2.45, 2.75) is 6.18 Å². The molecule has 0 saturated carbocycles. The summed E-state index contributed by atoms with van der Waals surface area (Å²) in [6, 6.07) is 25.3. The third-order valence-corrected chi connectivity index (χ3v) is 5.30. The second kappa shape index (κ2) is 6.73. The summed E-state index contributed by atoms with van der Waals surface area (Å²) in [5.74, 6) is -0.916. The topological polar surface area (TPSA) is 4.93 Å². The quantitative estimate of drug-likeness (QED) is 0.266. The van der Waals surface area contributed by atoms with E-state index >= 15 is 0 Å². The number of hydrogen-bond acceptors (Lipinski definition) is 0. The number of benzene rings is 4. The minimum Gasteiger partial charge on any atom is -0.309 e. The van der Waals surface area contributed by atoms with Crippen molar-refractivity contribution in [2.24, 2.45) is 0 Å². The first-order valence-corrected chi connectivity index (χ1v) is 9.40. The Kier molecular flexibility index (Phi) is 4.13. The van der Waals surface area contributed by atoms with E-state index in [-0.39, 0.29) is 5.56 Å². The van der Waals surface area contributed by atoms with Crippen molar-refractivity contribution >= 4 is 21.8 Å². The van der Waals surface area contributed by atoms with E-state index in [1.165, 1.54) is 6.07 Å². The van der Waals surface area contributed by atoms with E-state index in [0.717, 1.165) is 27.9 Å². The second-order valence-electron chi connectivity index (χ2n) is 7.07. The summed E-state index contributed by atoms with van der Waals surface area (Å²) in [5, 5.41) is 2.02. The molecule has 1 heterocycles. The van der Waals surface area contributed by atoms with Crippen molar-refractivity contribution < 1.29 is 17.6 Å². The molecular formula is C25H15F4N. The molecule has 5 aromatic rings. The lowest BCUT2D eigenvalue weighted by molar-refractivity contribution is -0.137. The smallest absolute Gasteiger partial charge is 0.309 e. The number of alkyl halides is 3. The van der Waals surface area contributed by atoms with Crippen LogP contribution in [0.1, 0.15) is 5.56 Å². The molecule has 0 aliphatic rings. The van der Waals surface area contributed by atoms with Gasteiger partial charge < -0.3 is 4.57 Å². The lowest BCUT2D eigenvalue weighted by Crippen LogP contribution is -2.09. The Morgan fingerprint density at radius 1 is 0.600 bits per heavy atom. The Hall–Kier alpha value is -3.60. The van der Waals surface area contributed by atoms with Gasteiger partial charge in [-0.15, -0.1) is 0 Å². The molecule has 0 aliphatic heterocycles. The zero-order chi connectivity index (χ0) is 20.9. The highest BCUT2D eigenvalue weighted by atomic mass is 19.4. The third-order valence-electron chi connectivity index (χ3n) is 5.30. The van der Waals surface area contributed by atoms with Gasteiger partial charge in [-0.1, -0.05) is 60.7 Å². The summed E-state index contributed by atoms with van der Waals surface area (Å²) < 4.78 is 56.8. The van der Waals surface area contributed by atoms with Crippen molar-refractivity contribution in [2.75, 3.05) is 0 Å². The van der Waals surface area contributed by atoms with E-state index in [9.17, 15) is 17.6 Å². The molecule has 1 aromatic heterocycles. The van der Waals surface area contributed by atoms with Crippen molar-refractivity contribution in [1.29, 1.82) is 0 Å². The Labute approximate surface area is 169 Å². The first-order chi connectivity index (χ1) is 14.4. The van der Waals surface area contributed by atoms with Crippen LogP contribution in [0.25, 0.3) is 38.6 Å². The number of nitrogens with zero attached hydrogens (tertiary/aromatic N) is 1. The summed E-state index contributed by atoms with van der Waals surface area (Å²) >= 11 is 0. The molecule has 0 bridgehead atoms. The number of hydrogen-bond donors (Lipinski definition) is 0. The Morgan fingerprint density at radius 2 is 1.17 bits per heavy atom. The number of rotatable bonds is 2. The highest BCUT2D eigenvalue weighted by Gasteiger charge is 2.34. The van der Waals surface area contributed by atoms with Crippen LogP contribution >= 0.6 is 0 Å². The van der Waals surface area contributed by atoms with Gasteiger partial charge in [0.15, 0.2) is 0 Å². The lowest BCUT2D eigenvalue weighted by Gasteiger charge is -2.18. The van der Waals surface area contributed by atoms with Crippen LogP contribution in [0.2, 0.25) is 0 Å². The monoisotopic (exact) mass is 405 g/mol. The molecule has 5 heteroatoms. The minimum absolute atomic E-state index is 0.0543. The van der Waals surface area contributed by atoms with E-state index in [0.29, 0.717) is 17.3 Å². The SMILES string of the molecule is Fc1ccc(-c2ccccc2-n2c3ccccc3c3ccccc32)c(C(F)(F)F)c1. The molecule has 0 saturated heterocycles. The molecule has 0 aliphatic carbocycles. The van der Waals surface area contributed by atoms with Crippen LogP contribution < -0.4 is 0 Å². The molecule has 1 nitrogen and oxygen atoms in total. The average Bonchev–Trinajstić information content (AvgIpc) is 3.08. The maximum absolute atomic E-state index is 13.7. The summed E-state index contributed by atoms with van der Waals surface area (Å²) in [6.45, 7) is 0. The van der Waals surface area contributed by atoms with Gasteiger partial charge in [-0.25, -0.2) is 4.39 Å². The van der Waals surface area contributed by atoms with Gasteiger partial charge in [0, 0.05) is 16.3 Å². The Balaban J connectivity index is 1.88. The molecular weight excluding hydrogens is 390 g/mol. The van der Waals surface area contributed by atoms with E-state index in [1.54, 1.807) is 24.3 Å². The summed E-state index contributed by atoms with van der Waals surface area (Å²) in [7, 11) is 0. The van der Waals surface area contributed by atoms with Crippen molar-refractivity contribution in [3.63, 3.8) is 0 Å². The summed E-state index contributed by atoms with van der Waals surface area (Å²) in [5.41, 5.74) is 1.73. The van der Waals surface area contributed by atoms with Crippen molar-refractivity contribution in [3.8, 4) is 16.8 Å². The maximum Gasteiger partial charge on any atom is 0.417 e. The number of para-hydroxylation sites is 3. The molecule has 4 aromatic carbocycles.